The molecule has 0 saturated carbocycles. The fraction of sp³-hybridized carbons (Fsp3) is 0.188. The molecule has 1 atom stereocenters. The molecule has 0 fully saturated rings. The van der Waals surface area contributed by atoms with Gasteiger partial charge in [0.05, 0.1) is 0 Å². The summed E-state index contributed by atoms with van der Waals surface area (Å²) in [6, 6.07) is 14.2. The molecule has 0 spiro atoms. The molecule has 0 radical (unpaired) electrons. The molecule has 0 aromatic heterocycles. The molecule has 0 aliphatic heterocycles. The Morgan fingerprint density at radius 3 is 2.33 bits per heavy atom. The maximum absolute atomic E-state index is 11.8. The van der Waals surface area contributed by atoms with Crippen LogP contribution in [-0.2, 0) is 0 Å². The van der Waals surface area contributed by atoms with E-state index in [2.05, 4.69) is 10.6 Å². The highest BCUT2D eigenvalue weighted by molar-refractivity contribution is 6.30. The number of aryl methyl sites for hydroxylation is 1. The number of amides is 2. The Morgan fingerprint density at radius 2 is 1.71 bits per heavy atom. The third-order valence-corrected chi connectivity index (χ3v) is 3.02. The van der Waals surface area contributed by atoms with Crippen LogP contribution in [0.2, 0.25) is 5.02 Å². The molecule has 2 N–H and O–H groups in total. The summed E-state index contributed by atoms with van der Waals surface area (Å²) in [7, 11) is 0. The molecule has 2 aromatic carbocycles. The molecule has 0 bridgehead atoms. The van der Waals surface area contributed by atoms with Gasteiger partial charge >= 0.3 is 6.03 Å². The van der Waals surface area contributed by atoms with E-state index in [0.717, 1.165) is 11.3 Å². The molecule has 5 heteroatoms. The van der Waals surface area contributed by atoms with Crippen LogP contribution in [0.5, 0.6) is 5.75 Å². The van der Waals surface area contributed by atoms with E-state index in [9.17, 15) is 4.79 Å². The normalized spacial score (nSPS) is 11.6. The number of hydrogen-bond donors (Lipinski definition) is 2. The number of halogens is 1. The van der Waals surface area contributed by atoms with E-state index in [0.29, 0.717) is 10.8 Å². The van der Waals surface area contributed by atoms with E-state index < -0.39 is 6.23 Å². The lowest BCUT2D eigenvalue weighted by atomic mass is 10.2. The Kier molecular flexibility index (Phi) is 5.06. The van der Waals surface area contributed by atoms with Crippen LogP contribution in [0.15, 0.2) is 48.5 Å². The van der Waals surface area contributed by atoms with Crippen LogP contribution in [0.25, 0.3) is 0 Å². The molecule has 0 heterocycles. The second kappa shape index (κ2) is 6.99. The number of rotatable bonds is 4. The second-order valence-electron chi connectivity index (χ2n) is 4.68. The van der Waals surface area contributed by atoms with Crippen LogP contribution >= 0.6 is 11.6 Å². The minimum absolute atomic E-state index is 0.319. The first-order valence-electron chi connectivity index (χ1n) is 6.59. The zero-order valence-corrected chi connectivity index (χ0v) is 12.6. The van der Waals surface area contributed by atoms with Gasteiger partial charge in [-0.1, -0.05) is 29.3 Å². The summed E-state index contributed by atoms with van der Waals surface area (Å²) in [6.07, 6.45) is -0.461. The van der Waals surface area contributed by atoms with Gasteiger partial charge in [-0.25, -0.2) is 4.79 Å². The predicted molar refractivity (Wildman–Crippen MR) is 84.9 cm³/mol. The van der Waals surface area contributed by atoms with E-state index in [1.54, 1.807) is 31.2 Å². The SMILES string of the molecule is Cc1ccc(NC(=O)NC(C)Oc2ccc(Cl)cc2)cc1. The summed E-state index contributed by atoms with van der Waals surface area (Å²) in [5.41, 5.74) is 1.87. The van der Waals surface area contributed by atoms with E-state index in [4.69, 9.17) is 16.3 Å². The summed E-state index contributed by atoms with van der Waals surface area (Å²) in [5, 5.41) is 6.08. The van der Waals surface area contributed by atoms with Gasteiger partial charge in [-0.05, 0) is 50.2 Å². The van der Waals surface area contributed by atoms with E-state index in [1.165, 1.54) is 0 Å². The van der Waals surface area contributed by atoms with Gasteiger partial charge in [-0.3, -0.25) is 0 Å². The number of urea groups is 1. The Bertz CT molecular complexity index is 597. The first-order valence-corrected chi connectivity index (χ1v) is 6.97. The molecule has 110 valence electrons. The molecule has 21 heavy (non-hydrogen) atoms. The third-order valence-electron chi connectivity index (χ3n) is 2.77. The van der Waals surface area contributed by atoms with Crippen LogP contribution in [0.4, 0.5) is 10.5 Å². The highest BCUT2D eigenvalue weighted by Crippen LogP contribution is 2.16. The van der Waals surface area contributed by atoms with Crippen molar-refractivity contribution in [1.82, 2.24) is 5.32 Å². The fourth-order valence-corrected chi connectivity index (χ4v) is 1.86. The van der Waals surface area contributed by atoms with Crippen LogP contribution in [0.3, 0.4) is 0 Å². The van der Waals surface area contributed by atoms with Crippen molar-refractivity contribution in [2.24, 2.45) is 0 Å². The van der Waals surface area contributed by atoms with Crippen LogP contribution in [-0.4, -0.2) is 12.3 Å². The molecule has 1 unspecified atom stereocenters. The van der Waals surface area contributed by atoms with Gasteiger partial charge in [0.15, 0.2) is 6.23 Å². The van der Waals surface area contributed by atoms with E-state index in [1.807, 2.05) is 31.2 Å². The Balaban J connectivity index is 1.84. The molecule has 0 aliphatic rings. The van der Waals surface area contributed by atoms with Crippen molar-refractivity contribution in [3.05, 3.63) is 59.1 Å². The fourth-order valence-electron chi connectivity index (χ4n) is 1.74. The summed E-state index contributed by atoms with van der Waals surface area (Å²) < 4.78 is 5.57. The highest BCUT2D eigenvalue weighted by Gasteiger charge is 2.08. The standard InChI is InChI=1S/C16H17ClN2O2/c1-11-3-7-14(8-4-11)19-16(20)18-12(2)21-15-9-5-13(17)6-10-15/h3-10,12H,1-2H3,(H2,18,19,20). The molecule has 0 aliphatic carbocycles. The third kappa shape index (κ3) is 5.00. The van der Waals surface area contributed by atoms with Gasteiger partial charge in [0.2, 0.25) is 0 Å². The Labute approximate surface area is 129 Å². The number of benzene rings is 2. The number of ether oxygens (including phenoxy) is 1. The highest BCUT2D eigenvalue weighted by atomic mass is 35.5. The average Bonchev–Trinajstić information content (AvgIpc) is 2.44. The maximum Gasteiger partial charge on any atom is 0.322 e. The summed E-state index contributed by atoms with van der Waals surface area (Å²) in [6.45, 7) is 3.75. The van der Waals surface area contributed by atoms with Crippen molar-refractivity contribution in [2.75, 3.05) is 5.32 Å². The van der Waals surface area contributed by atoms with Gasteiger partial charge in [0.25, 0.3) is 0 Å². The number of carbonyl (C=O) groups excluding carboxylic acids is 1. The lowest BCUT2D eigenvalue weighted by molar-refractivity contribution is 0.183. The van der Waals surface area contributed by atoms with Gasteiger partial charge in [-0.2, -0.15) is 0 Å². The van der Waals surface area contributed by atoms with Crippen molar-refractivity contribution in [2.45, 2.75) is 20.1 Å². The number of hydrogen-bond acceptors (Lipinski definition) is 2. The smallest absolute Gasteiger partial charge is 0.322 e. The van der Waals surface area contributed by atoms with Crippen molar-refractivity contribution in [3.8, 4) is 5.75 Å². The van der Waals surface area contributed by atoms with Crippen molar-refractivity contribution in [1.29, 1.82) is 0 Å². The van der Waals surface area contributed by atoms with E-state index >= 15 is 0 Å². The molecule has 2 aromatic rings. The maximum atomic E-state index is 11.8. The summed E-state index contributed by atoms with van der Waals surface area (Å²) in [5.74, 6) is 0.641. The predicted octanol–water partition coefficient (Wildman–Crippen LogP) is 4.19. The zero-order valence-electron chi connectivity index (χ0n) is 11.9. The van der Waals surface area contributed by atoms with E-state index in [-0.39, 0.29) is 6.03 Å². The average molecular weight is 305 g/mol. The molecule has 2 rings (SSSR count). The largest absolute Gasteiger partial charge is 0.471 e. The molecular formula is C16H17ClN2O2. The molecule has 0 saturated heterocycles. The Morgan fingerprint density at radius 1 is 1.10 bits per heavy atom. The lowest BCUT2D eigenvalue weighted by Crippen LogP contribution is -2.39. The number of nitrogens with one attached hydrogen (secondary N) is 2. The van der Waals surface area contributed by atoms with Crippen molar-refractivity contribution in [3.63, 3.8) is 0 Å². The number of anilines is 1. The van der Waals surface area contributed by atoms with Gasteiger partial charge < -0.3 is 15.4 Å². The summed E-state index contributed by atoms with van der Waals surface area (Å²) >= 11 is 5.80. The summed E-state index contributed by atoms with van der Waals surface area (Å²) in [4.78, 5) is 11.8. The molecular weight excluding hydrogens is 288 g/mol. The topological polar surface area (TPSA) is 50.4 Å². The van der Waals surface area contributed by atoms with Gasteiger partial charge in [0, 0.05) is 10.7 Å². The Hall–Kier alpha value is -2.20. The first kappa shape index (κ1) is 15.2. The molecule has 2 amide bonds. The minimum Gasteiger partial charge on any atom is -0.471 e. The van der Waals surface area contributed by atoms with Crippen molar-refractivity contribution < 1.29 is 9.53 Å². The quantitative estimate of drug-likeness (QED) is 0.832. The van der Waals surface area contributed by atoms with Crippen molar-refractivity contribution >= 4 is 23.3 Å². The lowest BCUT2D eigenvalue weighted by Gasteiger charge is -2.16. The monoisotopic (exact) mass is 304 g/mol. The van der Waals surface area contributed by atoms with Crippen LogP contribution in [0.1, 0.15) is 12.5 Å². The zero-order chi connectivity index (χ0) is 15.2. The van der Waals surface area contributed by atoms with Gasteiger partial charge in [0.1, 0.15) is 5.75 Å². The molecule has 4 nitrogen and oxygen atoms in total. The second-order valence-corrected chi connectivity index (χ2v) is 5.11. The minimum atomic E-state index is -0.461. The van der Waals surface area contributed by atoms with Crippen LogP contribution in [0, 0.1) is 6.92 Å². The van der Waals surface area contributed by atoms with Crippen LogP contribution < -0.4 is 15.4 Å². The number of carbonyl (C=O) groups is 1. The van der Waals surface area contributed by atoms with Gasteiger partial charge in [-0.15, -0.1) is 0 Å². The first-order chi connectivity index (χ1) is 10.0.